The molecule has 0 bridgehead atoms. The molecule has 0 atom stereocenters. The lowest BCUT2D eigenvalue weighted by atomic mass is 10.2. The van der Waals surface area contributed by atoms with Gasteiger partial charge in [0.15, 0.2) is 0 Å². The van der Waals surface area contributed by atoms with Crippen LogP contribution in [0.5, 0.6) is 0 Å². The molecule has 0 aliphatic carbocycles. The highest BCUT2D eigenvalue weighted by Crippen LogP contribution is 2.09. The van der Waals surface area contributed by atoms with Crippen molar-refractivity contribution in [2.75, 3.05) is 19.6 Å². The van der Waals surface area contributed by atoms with Gasteiger partial charge in [0, 0.05) is 77.5 Å². The number of pyridine rings is 1. The van der Waals surface area contributed by atoms with Gasteiger partial charge in [-0.15, -0.1) is 0 Å². The van der Waals surface area contributed by atoms with Crippen LogP contribution >= 0.6 is 0 Å². The lowest BCUT2D eigenvalue weighted by molar-refractivity contribution is 0.192. The first-order valence-corrected chi connectivity index (χ1v) is 11.2. The van der Waals surface area contributed by atoms with Gasteiger partial charge >= 0.3 is 0 Å². The van der Waals surface area contributed by atoms with E-state index in [1.165, 1.54) is 0 Å². The number of aliphatic imine (C=N–C) groups is 1. The fourth-order valence-corrected chi connectivity index (χ4v) is 3.60. The highest BCUT2D eigenvalue weighted by atomic mass is 15.2. The van der Waals surface area contributed by atoms with E-state index in [9.17, 15) is 0 Å². The molecular formula is C25H34N8. The van der Waals surface area contributed by atoms with Gasteiger partial charge in [-0.25, -0.2) is 9.97 Å². The largest absolute Gasteiger partial charge is 0.337 e. The van der Waals surface area contributed by atoms with Gasteiger partial charge in [0.05, 0.1) is 24.5 Å². The maximum absolute atomic E-state index is 4.53. The van der Waals surface area contributed by atoms with Gasteiger partial charge in [0.25, 0.3) is 0 Å². The average molecular weight is 447 g/mol. The molecule has 0 saturated heterocycles. The summed E-state index contributed by atoms with van der Waals surface area (Å²) >= 11 is 0. The van der Waals surface area contributed by atoms with Crippen molar-refractivity contribution < 1.29 is 0 Å². The molecule has 0 radical (unpaired) electrons. The Morgan fingerprint density at radius 1 is 0.939 bits per heavy atom. The Labute approximate surface area is 196 Å². The maximum Gasteiger partial charge on any atom is 0.122 e. The Kier molecular flexibility index (Phi) is 9.29. The number of nitrogens with zero attached hydrogens (tertiary/aromatic N) is 8. The van der Waals surface area contributed by atoms with Crippen LogP contribution < -0.4 is 0 Å². The Morgan fingerprint density at radius 2 is 1.61 bits per heavy atom. The van der Waals surface area contributed by atoms with Gasteiger partial charge in [0.1, 0.15) is 11.6 Å². The zero-order valence-electron chi connectivity index (χ0n) is 19.9. The summed E-state index contributed by atoms with van der Waals surface area (Å²) in [5.41, 5.74) is 2.02. The molecule has 3 aromatic heterocycles. The molecule has 0 amide bonds. The van der Waals surface area contributed by atoms with Crippen LogP contribution in [0.3, 0.4) is 0 Å². The normalized spacial score (nSPS) is 12.3. The molecule has 3 rings (SSSR count). The third-order valence-corrected chi connectivity index (χ3v) is 5.42. The van der Waals surface area contributed by atoms with Crippen molar-refractivity contribution in [3.63, 3.8) is 0 Å². The molecule has 0 spiro atoms. The predicted molar refractivity (Wildman–Crippen MR) is 132 cm³/mol. The van der Waals surface area contributed by atoms with E-state index >= 15 is 0 Å². The molecule has 8 heteroatoms. The third kappa shape index (κ3) is 7.62. The van der Waals surface area contributed by atoms with Crippen LogP contribution in [0.2, 0.25) is 0 Å². The number of hydrogen-bond acceptors (Lipinski definition) is 6. The van der Waals surface area contributed by atoms with Crippen LogP contribution in [-0.2, 0) is 33.7 Å². The Morgan fingerprint density at radius 3 is 2.15 bits per heavy atom. The summed E-state index contributed by atoms with van der Waals surface area (Å²) < 4.78 is 4.13. The van der Waals surface area contributed by atoms with Crippen LogP contribution in [0.15, 0.2) is 79.1 Å². The smallest absolute Gasteiger partial charge is 0.122 e. The van der Waals surface area contributed by atoms with E-state index in [1.54, 1.807) is 6.20 Å². The van der Waals surface area contributed by atoms with Crippen LogP contribution in [0.1, 0.15) is 24.3 Å². The summed E-state index contributed by atoms with van der Waals surface area (Å²) in [7, 11) is 4.06. The SMILES string of the molecule is C=CN=C(/C=C\C)CN(CCN(Cc1ccccn1)Cc1nccn1C)Cc1nccn1C. The topological polar surface area (TPSA) is 67.4 Å². The van der Waals surface area contributed by atoms with E-state index in [0.29, 0.717) is 6.54 Å². The number of aryl methyl sites for hydroxylation is 2. The minimum Gasteiger partial charge on any atom is -0.337 e. The number of imidazole rings is 2. The van der Waals surface area contributed by atoms with Crippen LogP contribution in [0, 0.1) is 0 Å². The lowest BCUT2D eigenvalue weighted by Crippen LogP contribution is -2.38. The van der Waals surface area contributed by atoms with Crippen molar-refractivity contribution in [1.29, 1.82) is 0 Å². The van der Waals surface area contributed by atoms with Crippen molar-refractivity contribution in [2.24, 2.45) is 19.1 Å². The second kappa shape index (κ2) is 12.6. The standard InChI is InChI=1S/C25H34N8/c1-5-9-22(26-6-2)18-32(20-24-28-12-14-30(24)3)16-17-33(19-23-10-7-8-11-27-23)21-25-29-13-15-31(25)4/h5-15H,2,16-21H2,1,3-4H3/b9-5-,26-22?. The van der Waals surface area contributed by atoms with E-state index in [4.69, 9.17) is 0 Å². The number of rotatable bonds is 13. The average Bonchev–Trinajstić information content (AvgIpc) is 3.40. The van der Waals surface area contributed by atoms with E-state index < -0.39 is 0 Å². The van der Waals surface area contributed by atoms with Gasteiger partial charge < -0.3 is 9.13 Å². The fourth-order valence-electron chi connectivity index (χ4n) is 3.60. The van der Waals surface area contributed by atoms with Crippen molar-refractivity contribution in [2.45, 2.75) is 26.6 Å². The van der Waals surface area contributed by atoms with Crippen molar-refractivity contribution in [3.8, 4) is 0 Å². The van der Waals surface area contributed by atoms with Gasteiger partial charge in [-0.3, -0.25) is 19.8 Å². The molecule has 0 N–H and O–H groups in total. The minimum atomic E-state index is 0.711. The second-order valence-electron chi connectivity index (χ2n) is 7.95. The van der Waals surface area contributed by atoms with Crippen LogP contribution in [0.25, 0.3) is 0 Å². The number of hydrogen-bond donors (Lipinski definition) is 0. The van der Waals surface area contributed by atoms with E-state index in [0.717, 1.165) is 55.8 Å². The Bertz CT molecular complexity index is 1050. The van der Waals surface area contributed by atoms with Gasteiger partial charge in [0.2, 0.25) is 0 Å². The molecule has 0 aromatic carbocycles. The zero-order valence-corrected chi connectivity index (χ0v) is 19.9. The van der Waals surface area contributed by atoms with Gasteiger partial charge in [-0.2, -0.15) is 0 Å². The maximum atomic E-state index is 4.53. The van der Waals surface area contributed by atoms with Crippen molar-refractivity contribution in [1.82, 2.24) is 33.9 Å². The molecule has 0 aliphatic heterocycles. The van der Waals surface area contributed by atoms with E-state index in [2.05, 4.69) is 51.5 Å². The fraction of sp³-hybridized carbons (Fsp3) is 0.360. The highest BCUT2D eigenvalue weighted by molar-refractivity contribution is 5.96. The van der Waals surface area contributed by atoms with Gasteiger partial charge in [-0.05, 0) is 25.1 Å². The second-order valence-corrected chi connectivity index (χ2v) is 7.95. The molecule has 0 aliphatic rings. The predicted octanol–water partition coefficient (Wildman–Crippen LogP) is 3.21. The molecular weight excluding hydrogens is 412 g/mol. The van der Waals surface area contributed by atoms with Crippen molar-refractivity contribution in [3.05, 3.63) is 91.5 Å². The van der Waals surface area contributed by atoms with E-state index in [-0.39, 0.29) is 0 Å². The first-order valence-electron chi connectivity index (χ1n) is 11.2. The van der Waals surface area contributed by atoms with Crippen molar-refractivity contribution >= 4 is 5.71 Å². The molecule has 8 nitrogen and oxygen atoms in total. The molecule has 3 heterocycles. The summed E-state index contributed by atoms with van der Waals surface area (Å²) in [4.78, 5) is 22.8. The Hall–Kier alpha value is -3.36. The molecule has 0 unspecified atom stereocenters. The molecule has 3 aromatic rings. The molecule has 0 fully saturated rings. The van der Waals surface area contributed by atoms with E-state index in [1.807, 2.05) is 76.3 Å². The summed E-state index contributed by atoms with van der Waals surface area (Å²) in [5.74, 6) is 2.05. The zero-order chi connectivity index (χ0) is 23.5. The molecule has 33 heavy (non-hydrogen) atoms. The highest BCUT2D eigenvalue weighted by Gasteiger charge is 2.16. The summed E-state index contributed by atoms with van der Waals surface area (Å²) in [6, 6.07) is 6.05. The monoisotopic (exact) mass is 446 g/mol. The quantitative estimate of drug-likeness (QED) is 0.377. The Balaban J connectivity index is 1.76. The number of allylic oxidation sites excluding steroid dienone is 1. The first-order chi connectivity index (χ1) is 16.1. The first kappa shape index (κ1) is 24.3. The lowest BCUT2D eigenvalue weighted by Gasteiger charge is -2.27. The summed E-state index contributed by atoms with van der Waals surface area (Å²) in [5, 5.41) is 0. The summed E-state index contributed by atoms with van der Waals surface area (Å²) in [6.45, 7) is 10.4. The van der Waals surface area contributed by atoms with Gasteiger partial charge in [-0.1, -0.05) is 18.7 Å². The summed E-state index contributed by atoms with van der Waals surface area (Å²) in [6.07, 6.45) is 15.1. The number of aromatic nitrogens is 5. The minimum absolute atomic E-state index is 0.711. The van der Waals surface area contributed by atoms with Crippen LogP contribution in [-0.4, -0.2) is 59.2 Å². The third-order valence-electron chi connectivity index (χ3n) is 5.42. The van der Waals surface area contributed by atoms with Crippen LogP contribution in [0.4, 0.5) is 0 Å². The molecule has 174 valence electrons. The molecule has 0 saturated carbocycles.